The molecule has 3 saturated heterocycles. The Labute approximate surface area is 147 Å². The number of benzene rings is 1. The topological polar surface area (TPSA) is 32.3 Å². The summed E-state index contributed by atoms with van der Waals surface area (Å²) in [7, 11) is 0. The number of amides is 1. The van der Waals surface area contributed by atoms with Crippen molar-refractivity contribution in [3.63, 3.8) is 0 Å². The van der Waals surface area contributed by atoms with E-state index in [0.717, 1.165) is 17.0 Å². The van der Waals surface area contributed by atoms with E-state index in [1.807, 2.05) is 24.3 Å². The first-order valence-corrected chi connectivity index (χ1v) is 8.85. The predicted octanol–water partition coefficient (Wildman–Crippen LogP) is 3.66. The number of nitrogens with one attached hydrogen (secondary N) is 1. The second-order valence-electron chi connectivity index (χ2n) is 6.28. The molecule has 5 heteroatoms. The van der Waals surface area contributed by atoms with Gasteiger partial charge in [0.15, 0.2) is 0 Å². The molecule has 0 radical (unpaired) electrons. The van der Waals surface area contributed by atoms with Gasteiger partial charge in [-0.2, -0.15) is 0 Å². The number of carbonyl (C=O) groups excluding carboxylic acids is 1. The molecule has 0 saturated carbocycles. The van der Waals surface area contributed by atoms with Gasteiger partial charge in [-0.15, -0.1) is 23.7 Å². The van der Waals surface area contributed by atoms with Crippen LogP contribution in [0.1, 0.15) is 22.5 Å². The Bertz CT molecular complexity index is 665. The molecule has 2 bridgehead atoms. The highest BCUT2D eigenvalue weighted by Crippen LogP contribution is 2.29. The molecular formula is C18H21ClN2OS. The van der Waals surface area contributed by atoms with Crippen LogP contribution >= 0.6 is 23.7 Å². The molecule has 2 aromatic rings. The summed E-state index contributed by atoms with van der Waals surface area (Å²) in [4.78, 5) is 15.8. The van der Waals surface area contributed by atoms with Crippen molar-refractivity contribution in [2.24, 2.45) is 5.92 Å². The Morgan fingerprint density at radius 3 is 2.52 bits per heavy atom. The third-order valence-corrected chi connectivity index (χ3v) is 5.83. The molecule has 23 heavy (non-hydrogen) atoms. The lowest BCUT2D eigenvalue weighted by Gasteiger charge is -2.44. The minimum absolute atomic E-state index is 0. The maximum absolute atomic E-state index is 12.5. The minimum atomic E-state index is 0. The van der Waals surface area contributed by atoms with Gasteiger partial charge in [0.2, 0.25) is 0 Å². The highest BCUT2D eigenvalue weighted by atomic mass is 35.5. The van der Waals surface area contributed by atoms with Crippen molar-refractivity contribution in [3.8, 4) is 11.1 Å². The van der Waals surface area contributed by atoms with E-state index in [-0.39, 0.29) is 18.3 Å². The first-order valence-electron chi connectivity index (χ1n) is 7.97. The highest BCUT2D eigenvalue weighted by molar-refractivity contribution is 7.12. The molecule has 3 aliphatic rings. The number of nitrogens with zero attached hydrogens (tertiary/aromatic N) is 1. The zero-order chi connectivity index (χ0) is 14.9. The van der Waals surface area contributed by atoms with Crippen LogP contribution in [0.3, 0.4) is 0 Å². The molecule has 1 amide bonds. The fourth-order valence-corrected chi connectivity index (χ4v) is 4.42. The van der Waals surface area contributed by atoms with E-state index in [1.165, 1.54) is 42.8 Å². The van der Waals surface area contributed by atoms with E-state index in [4.69, 9.17) is 0 Å². The summed E-state index contributed by atoms with van der Waals surface area (Å²) in [5, 5.41) is 5.33. The van der Waals surface area contributed by atoms with Gasteiger partial charge in [-0.1, -0.05) is 30.3 Å². The number of halogens is 1. The van der Waals surface area contributed by atoms with Gasteiger partial charge in [-0.25, -0.2) is 0 Å². The smallest absolute Gasteiger partial charge is 0.261 e. The largest absolute Gasteiger partial charge is 0.347 e. The average molecular weight is 349 g/mol. The third kappa shape index (κ3) is 3.44. The lowest BCUT2D eigenvalue weighted by molar-refractivity contribution is 0.0622. The fourth-order valence-electron chi connectivity index (χ4n) is 3.61. The molecule has 3 aliphatic heterocycles. The maximum atomic E-state index is 12.5. The first kappa shape index (κ1) is 16.5. The van der Waals surface area contributed by atoms with Gasteiger partial charge >= 0.3 is 0 Å². The van der Waals surface area contributed by atoms with Crippen LogP contribution in [0.4, 0.5) is 0 Å². The average Bonchev–Trinajstić information content (AvgIpc) is 3.07. The van der Waals surface area contributed by atoms with E-state index >= 15 is 0 Å². The van der Waals surface area contributed by atoms with Crippen LogP contribution < -0.4 is 5.32 Å². The zero-order valence-electron chi connectivity index (χ0n) is 12.9. The van der Waals surface area contributed by atoms with E-state index in [1.54, 1.807) is 0 Å². The number of hydrogen-bond donors (Lipinski definition) is 1. The van der Waals surface area contributed by atoms with Gasteiger partial charge in [0.05, 0.1) is 4.88 Å². The fraction of sp³-hybridized carbons (Fsp3) is 0.389. The second kappa shape index (κ2) is 7.04. The Morgan fingerprint density at radius 2 is 1.87 bits per heavy atom. The van der Waals surface area contributed by atoms with E-state index in [0.29, 0.717) is 12.0 Å². The molecule has 4 heterocycles. The predicted molar refractivity (Wildman–Crippen MR) is 97.4 cm³/mol. The van der Waals surface area contributed by atoms with Crippen LogP contribution in [-0.4, -0.2) is 36.5 Å². The standard InChI is InChI=1S/C18H20N2OS.ClH/c21-18(19-16-11-20-8-6-14(16)7-9-20)17-10-15(12-22-17)13-4-2-1-3-5-13;/h1-5,10,12,14,16H,6-9,11H2,(H,19,21);1H/t16-;/m0./s1. The van der Waals surface area contributed by atoms with Crippen molar-refractivity contribution in [1.29, 1.82) is 0 Å². The lowest BCUT2D eigenvalue weighted by Crippen LogP contribution is -2.57. The van der Waals surface area contributed by atoms with Crippen molar-refractivity contribution in [3.05, 3.63) is 46.7 Å². The van der Waals surface area contributed by atoms with Gasteiger partial charge in [0.1, 0.15) is 0 Å². The summed E-state index contributed by atoms with van der Waals surface area (Å²) in [5.41, 5.74) is 2.30. The summed E-state index contributed by atoms with van der Waals surface area (Å²) < 4.78 is 0. The SMILES string of the molecule is Cl.O=C(N[C@H]1CN2CCC1CC2)c1cc(-c2ccccc2)cs1. The molecule has 0 aliphatic carbocycles. The summed E-state index contributed by atoms with van der Waals surface area (Å²) in [6, 6.07) is 12.6. The van der Waals surface area contributed by atoms with E-state index in [2.05, 4.69) is 27.7 Å². The number of carbonyl (C=O) groups is 1. The summed E-state index contributed by atoms with van der Waals surface area (Å²) in [6.45, 7) is 3.43. The van der Waals surface area contributed by atoms with Gasteiger partial charge < -0.3 is 10.2 Å². The Morgan fingerprint density at radius 1 is 1.13 bits per heavy atom. The van der Waals surface area contributed by atoms with E-state index < -0.39 is 0 Å². The molecule has 3 fully saturated rings. The maximum Gasteiger partial charge on any atom is 0.261 e. The normalized spacial score (nSPS) is 25.7. The van der Waals surface area contributed by atoms with Crippen LogP contribution in [0.2, 0.25) is 0 Å². The molecule has 3 nitrogen and oxygen atoms in total. The molecule has 0 spiro atoms. The quantitative estimate of drug-likeness (QED) is 0.918. The van der Waals surface area contributed by atoms with Gasteiger partial charge in [-0.05, 0) is 54.4 Å². The molecule has 1 aromatic carbocycles. The number of piperidine rings is 3. The Hall–Kier alpha value is -1.36. The first-order chi connectivity index (χ1) is 10.8. The highest BCUT2D eigenvalue weighted by Gasteiger charge is 2.35. The van der Waals surface area contributed by atoms with Crippen LogP contribution in [0.15, 0.2) is 41.8 Å². The number of thiophene rings is 1. The monoisotopic (exact) mass is 348 g/mol. The Balaban J connectivity index is 0.00000156. The molecular weight excluding hydrogens is 328 g/mol. The molecule has 1 N–H and O–H groups in total. The van der Waals surface area contributed by atoms with E-state index in [9.17, 15) is 4.79 Å². The van der Waals surface area contributed by atoms with Crippen LogP contribution in [0.5, 0.6) is 0 Å². The molecule has 1 aromatic heterocycles. The van der Waals surface area contributed by atoms with Gasteiger partial charge in [-0.3, -0.25) is 4.79 Å². The van der Waals surface area contributed by atoms with Gasteiger partial charge in [0.25, 0.3) is 5.91 Å². The van der Waals surface area contributed by atoms with Crippen LogP contribution in [-0.2, 0) is 0 Å². The van der Waals surface area contributed by atoms with Crippen molar-refractivity contribution in [1.82, 2.24) is 10.2 Å². The Kier molecular flexibility index (Phi) is 5.05. The van der Waals surface area contributed by atoms with Crippen molar-refractivity contribution in [2.45, 2.75) is 18.9 Å². The number of fused-ring (bicyclic) bond motifs is 3. The van der Waals surface area contributed by atoms with Crippen molar-refractivity contribution < 1.29 is 4.79 Å². The minimum Gasteiger partial charge on any atom is -0.347 e. The van der Waals surface area contributed by atoms with Crippen molar-refractivity contribution >= 4 is 29.7 Å². The molecule has 122 valence electrons. The number of hydrogen-bond acceptors (Lipinski definition) is 3. The number of rotatable bonds is 3. The third-order valence-electron chi connectivity index (χ3n) is 4.90. The summed E-state index contributed by atoms with van der Waals surface area (Å²) >= 11 is 1.54. The molecule has 1 atom stereocenters. The van der Waals surface area contributed by atoms with Crippen LogP contribution in [0.25, 0.3) is 11.1 Å². The summed E-state index contributed by atoms with van der Waals surface area (Å²) in [5.74, 6) is 0.758. The van der Waals surface area contributed by atoms with Crippen molar-refractivity contribution in [2.75, 3.05) is 19.6 Å². The summed E-state index contributed by atoms with van der Waals surface area (Å²) in [6.07, 6.45) is 2.45. The van der Waals surface area contributed by atoms with Crippen LogP contribution in [0, 0.1) is 5.92 Å². The lowest BCUT2D eigenvalue weighted by atomic mass is 9.84. The zero-order valence-corrected chi connectivity index (χ0v) is 14.5. The molecule has 0 unspecified atom stereocenters. The second-order valence-corrected chi connectivity index (χ2v) is 7.19. The molecule has 5 rings (SSSR count). The van der Waals surface area contributed by atoms with Gasteiger partial charge in [0, 0.05) is 12.6 Å².